The van der Waals surface area contributed by atoms with Crippen molar-refractivity contribution in [3.8, 4) is 5.75 Å². The Morgan fingerprint density at radius 1 is 1.04 bits per heavy atom. The number of rotatable bonds is 8. The van der Waals surface area contributed by atoms with Crippen molar-refractivity contribution in [2.24, 2.45) is 4.99 Å². The maximum Gasteiger partial charge on any atom is 0.271 e. The van der Waals surface area contributed by atoms with Gasteiger partial charge in [0.15, 0.2) is 4.80 Å². The summed E-state index contributed by atoms with van der Waals surface area (Å²) in [6, 6.07) is 20.5. The Labute approximate surface area is 274 Å². The first kappa shape index (κ1) is 30.9. The highest BCUT2D eigenvalue weighted by molar-refractivity contribution is 7.07. The van der Waals surface area contributed by atoms with E-state index in [1.807, 2.05) is 87.6 Å². The average molecular weight is 660 g/mol. The van der Waals surface area contributed by atoms with Crippen LogP contribution < -0.4 is 19.6 Å². The van der Waals surface area contributed by atoms with Crippen LogP contribution >= 0.6 is 34.5 Å². The van der Waals surface area contributed by atoms with E-state index in [0.717, 1.165) is 27.6 Å². The van der Waals surface area contributed by atoms with Crippen LogP contribution in [0.2, 0.25) is 10.0 Å². The molecule has 230 valence electrons. The highest BCUT2D eigenvalue weighted by atomic mass is 35.5. The minimum absolute atomic E-state index is 0.142. The van der Waals surface area contributed by atoms with Gasteiger partial charge in [0.2, 0.25) is 0 Å². The summed E-state index contributed by atoms with van der Waals surface area (Å²) >= 11 is 13.8. The molecular formula is C35H32Cl2N4O3S. The minimum atomic E-state index is -0.691. The number of methoxy groups -OCH3 is 1. The number of allylic oxidation sites excluding steroid dienone is 1. The number of para-hydroxylation sites is 2. The summed E-state index contributed by atoms with van der Waals surface area (Å²) in [5.74, 6) is 0.457. The smallest absolute Gasteiger partial charge is 0.271 e. The molecule has 3 aromatic carbocycles. The molecule has 0 fully saturated rings. The van der Waals surface area contributed by atoms with E-state index in [1.165, 1.54) is 11.3 Å². The van der Waals surface area contributed by atoms with Gasteiger partial charge in [-0.2, -0.15) is 0 Å². The molecule has 0 bridgehead atoms. The number of halogens is 2. The fourth-order valence-corrected chi connectivity index (χ4v) is 7.32. The van der Waals surface area contributed by atoms with Crippen molar-refractivity contribution < 1.29 is 9.53 Å². The van der Waals surface area contributed by atoms with Crippen LogP contribution in [0.15, 0.2) is 94.0 Å². The summed E-state index contributed by atoms with van der Waals surface area (Å²) in [5, 5.41) is 2.03. The van der Waals surface area contributed by atoms with E-state index in [4.69, 9.17) is 32.9 Å². The third-order valence-electron chi connectivity index (χ3n) is 8.18. The number of thiazole rings is 1. The molecule has 0 saturated carbocycles. The number of carbonyl (C=O) groups excluding carboxylic acids is 1. The summed E-state index contributed by atoms with van der Waals surface area (Å²) < 4.78 is 10.0. The molecule has 1 atom stereocenters. The van der Waals surface area contributed by atoms with Gasteiger partial charge in [0.25, 0.3) is 11.5 Å². The number of hydrogen-bond donors (Lipinski definition) is 0. The summed E-state index contributed by atoms with van der Waals surface area (Å²) in [6.07, 6.45) is 3.96. The van der Waals surface area contributed by atoms with Crippen LogP contribution in [0.3, 0.4) is 0 Å². The van der Waals surface area contributed by atoms with E-state index in [2.05, 4.69) is 10.6 Å². The van der Waals surface area contributed by atoms with Gasteiger partial charge < -0.3 is 14.2 Å². The number of benzene rings is 3. The van der Waals surface area contributed by atoms with Crippen LogP contribution in [0.5, 0.6) is 5.75 Å². The van der Waals surface area contributed by atoms with Gasteiger partial charge in [-0.05, 0) is 56.7 Å². The standard InChI is InChI=1S/C35H32Cl2N4O3S/c1-5-39(6-2)34(43)31-21(3)38-35-41(32(31)25-12-8-10-14-29(25)44-4)33(42)30(45-35)18-23-20-40(28-13-9-7-11-24(23)28)19-22-15-16-26(36)27(37)17-22/h7-18,20,32H,5-6,19H2,1-4H3/b30-18+/t32-/m0/s1. The molecule has 0 N–H and O–H groups in total. The van der Waals surface area contributed by atoms with Crippen molar-refractivity contribution in [1.29, 1.82) is 0 Å². The number of amides is 1. The van der Waals surface area contributed by atoms with E-state index in [-0.39, 0.29) is 11.5 Å². The lowest BCUT2D eigenvalue weighted by Gasteiger charge is -2.29. The Hall–Kier alpha value is -4.11. The molecule has 6 rings (SSSR count). The minimum Gasteiger partial charge on any atom is -0.496 e. The Morgan fingerprint density at radius 3 is 2.51 bits per heavy atom. The van der Waals surface area contributed by atoms with Gasteiger partial charge in [-0.15, -0.1) is 0 Å². The third-order valence-corrected chi connectivity index (χ3v) is 9.90. The first-order valence-corrected chi connectivity index (χ1v) is 16.3. The molecule has 45 heavy (non-hydrogen) atoms. The van der Waals surface area contributed by atoms with E-state index >= 15 is 0 Å². The van der Waals surface area contributed by atoms with Crippen molar-refractivity contribution >= 4 is 57.4 Å². The lowest BCUT2D eigenvalue weighted by Crippen LogP contribution is -2.43. The zero-order valence-electron chi connectivity index (χ0n) is 25.4. The van der Waals surface area contributed by atoms with Crippen LogP contribution in [0.25, 0.3) is 17.0 Å². The molecule has 0 saturated heterocycles. The quantitative estimate of drug-likeness (QED) is 0.193. The van der Waals surface area contributed by atoms with Crippen LogP contribution in [-0.2, 0) is 11.3 Å². The monoisotopic (exact) mass is 658 g/mol. The second-order valence-electron chi connectivity index (χ2n) is 10.8. The van der Waals surface area contributed by atoms with E-state index in [9.17, 15) is 9.59 Å². The molecule has 2 aromatic heterocycles. The fraction of sp³-hybridized carbons (Fsp3) is 0.229. The number of nitrogens with zero attached hydrogens (tertiary/aromatic N) is 4. The van der Waals surface area contributed by atoms with Crippen LogP contribution in [0.4, 0.5) is 0 Å². The zero-order chi connectivity index (χ0) is 31.8. The number of hydrogen-bond acceptors (Lipinski definition) is 5. The van der Waals surface area contributed by atoms with Gasteiger partial charge in [-0.1, -0.05) is 77.0 Å². The molecule has 0 radical (unpaired) electrons. The van der Waals surface area contributed by atoms with Gasteiger partial charge in [-0.25, -0.2) is 4.99 Å². The van der Waals surface area contributed by atoms with Crippen LogP contribution in [0.1, 0.15) is 43.5 Å². The summed E-state index contributed by atoms with van der Waals surface area (Å²) in [7, 11) is 1.60. The summed E-state index contributed by atoms with van der Waals surface area (Å²) in [5.41, 5.74) is 4.52. The van der Waals surface area contributed by atoms with Crippen molar-refractivity contribution in [3.05, 3.63) is 131 Å². The molecule has 7 nitrogen and oxygen atoms in total. The van der Waals surface area contributed by atoms with Crippen molar-refractivity contribution in [1.82, 2.24) is 14.0 Å². The summed E-state index contributed by atoms with van der Waals surface area (Å²) in [4.78, 5) is 35.4. The molecular weight excluding hydrogens is 627 g/mol. The summed E-state index contributed by atoms with van der Waals surface area (Å²) in [6.45, 7) is 7.40. The second-order valence-corrected chi connectivity index (χ2v) is 12.6. The predicted molar refractivity (Wildman–Crippen MR) is 182 cm³/mol. The molecule has 10 heteroatoms. The van der Waals surface area contributed by atoms with Gasteiger partial charge in [0.1, 0.15) is 11.8 Å². The maximum atomic E-state index is 14.3. The fourth-order valence-electron chi connectivity index (χ4n) is 5.96. The number of fused-ring (bicyclic) bond motifs is 2. The molecule has 0 aliphatic carbocycles. The Kier molecular flexibility index (Phi) is 8.73. The molecule has 1 aliphatic heterocycles. The third kappa shape index (κ3) is 5.63. The molecule has 0 unspecified atom stereocenters. The highest BCUT2D eigenvalue weighted by Crippen LogP contribution is 2.36. The molecule has 5 aromatic rings. The second kappa shape index (κ2) is 12.7. The van der Waals surface area contributed by atoms with E-state index in [1.54, 1.807) is 22.6 Å². The number of ether oxygens (including phenoxy) is 1. The van der Waals surface area contributed by atoms with Gasteiger partial charge in [0, 0.05) is 47.9 Å². The van der Waals surface area contributed by atoms with Gasteiger partial charge in [0.05, 0.1) is 33.0 Å². The predicted octanol–water partition coefficient (Wildman–Crippen LogP) is 6.42. The first-order chi connectivity index (χ1) is 21.7. The number of aromatic nitrogens is 2. The van der Waals surface area contributed by atoms with Crippen molar-refractivity contribution in [2.45, 2.75) is 33.4 Å². The Bertz CT molecular complexity index is 2160. The molecule has 0 spiro atoms. The molecule has 3 heterocycles. The Balaban J connectivity index is 1.53. The van der Waals surface area contributed by atoms with Crippen molar-refractivity contribution in [3.63, 3.8) is 0 Å². The number of carbonyl (C=O) groups is 1. The lowest BCUT2D eigenvalue weighted by molar-refractivity contribution is -0.127. The average Bonchev–Trinajstić information content (AvgIpc) is 3.54. The zero-order valence-corrected chi connectivity index (χ0v) is 27.7. The lowest BCUT2D eigenvalue weighted by atomic mass is 9.94. The topological polar surface area (TPSA) is 68.8 Å². The van der Waals surface area contributed by atoms with E-state index < -0.39 is 6.04 Å². The largest absolute Gasteiger partial charge is 0.496 e. The Morgan fingerprint density at radius 2 is 1.78 bits per heavy atom. The normalized spacial score (nSPS) is 14.9. The van der Waals surface area contributed by atoms with Gasteiger partial charge >= 0.3 is 0 Å². The van der Waals surface area contributed by atoms with E-state index in [0.29, 0.717) is 56.0 Å². The maximum absolute atomic E-state index is 14.3. The highest BCUT2D eigenvalue weighted by Gasteiger charge is 2.35. The van der Waals surface area contributed by atoms with Crippen LogP contribution in [0, 0.1) is 0 Å². The molecule has 1 aliphatic rings. The van der Waals surface area contributed by atoms with Crippen molar-refractivity contribution in [2.75, 3.05) is 20.2 Å². The van der Waals surface area contributed by atoms with Crippen LogP contribution in [-0.4, -0.2) is 40.1 Å². The first-order valence-electron chi connectivity index (χ1n) is 14.7. The van der Waals surface area contributed by atoms with Gasteiger partial charge in [-0.3, -0.25) is 14.2 Å². The SMILES string of the molecule is CCN(CC)C(=O)C1=C(C)N=c2s/c(=C/c3cn(Cc4ccc(Cl)c(Cl)c4)c4ccccc34)c(=O)n2[C@H]1c1ccccc1OC. The number of likely N-dealkylation sites (N-methyl/N-ethyl adjacent to an activating group) is 1. The molecule has 1 amide bonds.